The highest BCUT2D eigenvalue weighted by Gasteiger charge is 2.42. The van der Waals surface area contributed by atoms with Gasteiger partial charge in [0, 0.05) is 24.2 Å². The Morgan fingerprint density at radius 3 is 2.21 bits per heavy atom. The van der Waals surface area contributed by atoms with Gasteiger partial charge in [-0.15, -0.1) is 0 Å². The predicted octanol–water partition coefficient (Wildman–Crippen LogP) is 6.00. The lowest BCUT2D eigenvalue weighted by Gasteiger charge is -2.20. The van der Waals surface area contributed by atoms with Gasteiger partial charge in [-0.2, -0.15) is 18.3 Å². The topological polar surface area (TPSA) is 90.9 Å². The molecule has 1 heterocycles. The molecule has 3 aromatic carbocycles. The molecule has 0 aromatic heterocycles. The number of alkyl halides is 3. The maximum Gasteiger partial charge on any atom is 0.416 e. The Morgan fingerprint density at radius 2 is 1.56 bits per heavy atom. The third-order valence-corrected chi connectivity index (χ3v) is 6.25. The zero-order chi connectivity index (χ0) is 28.3. The maximum atomic E-state index is 13.6. The Balaban J connectivity index is 1.54. The lowest BCUT2D eigenvalue weighted by molar-refractivity contribution is -0.137. The van der Waals surface area contributed by atoms with Crippen molar-refractivity contribution >= 4 is 40.5 Å². The summed E-state index contributed by atoms with van der Waals surface area (Å²) in [6.45, 7) is 5.20. The number of rotatable bonds is 7. The molecule has 0 saturated carbocycles. The van der Waals surface area contributed by atoms with Crippen molar-refractivity contribution < 1.29 is 27.6 Å². The molecule has 0 radical (unpaired) electrons. The molecule has 1 unspecified atom stereocenters. The van der Waals surface area contributed by atoms with Crippen LogP contribution in [0.2, 0.25) is 0 Å². The van der Waals surface area contributed by atoms with E-state index in [9.17, 15) is 27.6 Å². The van der Waals surface area contributed by atoms with Crippen molar-refractivity contribution in [2.75, 3.05) is 10.2 Å². The van der Waals surface area contributed by atoms with Crippen LogP contribution in [0.1, 0.15) is 47.9 Å². The Bertz CT molecular complexity index is 1430. The minimum Gasteiger partial charge on any atom is -0.326 e. The third kappa shape index (κ3) is 6.34. The van der Waals surface area contributed by atoms with Crippen LogP contribution in [-0.2, 0) is 20.6 Å². The Morgan fingerprint density at radius 1 is 0.923 bits per heavy atom. The van der Waals surface area contributed by atoms with Gasteiger partial charge in [0.2, 0.25) is 17.7 Å². The summed E-state index contributed by atoms with van der Waals surface area (Å²) in [6.07, 6.45) is -4.82. The predicted molar refractivity (Wildman–Crippen MR) is 143 cm³/mol. The van der Waals surface area contributed by atoms with Crippen molar-refractivity contribution in [2.24, 2.45) is 5.10 Å². The van der Waals surface area contributed by atoms with E-state index in [2.05, 4.69) is 15.8 Å². The summed E-state index contributed by atoms with van der Waals surface area (Å²) in [5, 5.41) is 6.75. The monoisotopic (exact) mass is 536 g/mol. The summed E-state index contributed by atoms with van der Waals surface area (Å²) in [4.78, 5) is 39.3. The molecule has 1 aliphatic heterocycles. The zero-order valence-corrected chi connectivity index (χ0v) is 21.6. The molecule has 0 spiro atoms. The fraction of sp³-hybridized carbons (Fsp3) is 0.241. The molecule has 4 rings (SSSR count). The summed E-state index contributed by atoms with van der Waals surface area (Å²) < 4.78 is 40.6. The van der Waals surface area contributed by atoms with Crippen LogP contribution in [0, 0.1) is 13.8 Å². The molecule has 202 valence electrons. The van der Waals surface area contributed by atoms with Crippen LogP contribution in [0.4, 0.5) is 30.2 Å². The van der Waals surface area contributed by atoms with Gasteiger partial charge in [0.1, 0.15) is 5.92 Å². The SMILES string of the molecule is C/C(=N/NC(=O)CCC(=O)Nc1ccccc1)C1C(=O)N(c2cc(C)cc(C)c2)c2cc(C(F)(F)F)ccc21. The Kier molecular flexibility index (Phi) is 7.85. The lowest BCUT2D eigenvalue weighted by Crippen LogP contribution is -2.29. The summed E-state index contributed by atoms with van der Waals surface area (Å²) >= 11 is 0. The van der Waals surface area contributed by atoms with Crippen LogP contribution >= 0.6 is 0 Å². The van der Waals surface area contributed by atoms with Crippen LogP contribution in [-0.4, -0.2) is 23.4 Å². The van der Waals surface area contributed by atoms with E-state index in [1.54, 1.807) is 36.4 Å². The quantitative estimate of drug-likeness (QED) is 0.287. The molecule has 0 fully saturated rings. The van der Waals surface area contributed by atoms with Gasteiger partial charge in [-0.05, 0) is 73.9 Å². The molecule has 0 aliphatic carbocycles. The number of nitrogens with zero attached hydrogens (tertiary/aromatic N) is 2. The first-order valence-electron chi connectivity index (χ1n) is 12.3. The molecular formula is C29H27F3N4O3. The highest BCUT2D eigenvalue weighted by Crippen LogP contribution is 2.45. The number of carbonyl (C=O) groups excluding carboxylic acids is 3. The summed E-state index contributed by atoms with van der Waals surface area (Å²) in [7, 11) is 0. The number of fused-ring (bicyclic) bond motifs is 1. The minimum absolute atomic E-state index is 0.0821. The van der Waals surface area contributed by atoms with Gasteiger partial charge in [-0.25, -0.2) is 5.43 Å². The fourth-order valence-electron chi connectivity index (χ4n) is 4.53. The van der Waals surface area contributed by atoms with Crippen LogP contribution in [0.15, 0.2) is 71.8 Å². The highest BCUT2D eigenvalue weighted by molar-refractivity contribution is 6.22. The Hall–Kier alpha value is -4.47. The smallest absolute Gasteiger partial charge is 0.326 e. The average Bonchev–Trinajstić information content (AvgIpc) is 3.16. The molecule has 1 atom stereocenters. The van der Waals surface area contributed by atoms with E-state index in [4.69, 9.17) is 0 Å². The van der Waals surface area contributed by atoms with Crippen molar-refractivity contribution in [3.63, 3.8) is 0 Å². The van der Waals surface area contributed by atoms with Crippen LogP contribution in [0.3, 0.4) is 0 Å². The van der Waals surface area contributed by atoms with Crippen molar-refractivity contribution in [1.82, 2.24) is 5.43 Å². The van der Waals surface area contributed by atoms with E-state index in [-0.39, 0.29) is 30.1 Å². The van der Waals surface area contributed by atoms with Gasteiger partial charge in [0.25, 0.3) is 0 Å². The van der Waals surface area contributed by atoms with Crippen molar-refractivity contribution in [1.29, 1.82) is 0 Å². The van der Waals surface area contributed by atoms with Gasteiger partial charge in [-0.1, -0.05) is 30.3 Å². The van der Waals surface area contributed by atoms with Crippen LogP contribution < -0.4 is 15.6 Å². The summed E-state index contributed by atoms with van der Waals surface area (Å²) in [6, 6.07) is 17.3. The van der Waals surface area contributed by atoms with E-state index < -0.39 is 29.5 Å². The number of amides is 3. The molecule has 2 N–H and O–H groups in total. The number of hydrogen-bond acceptors (Lipinski definition) is 4. The molecule has 39 heavy (non-hydrogen) atoms. The van der Waals surface area contributed by atoms with Crippen molar-refractivity contribution in [2.45, 2.75) is 45.7 Å². The minimum atomic E-state index is -4.59. The van der Waals surface area contributed by atoms with E-state index in [0.717, 1.165) is 23.3 Å². The van der Waals surface area contributed by atoms with Gasteiger partial charge >= 0.3 is 6.18 Å². The standard InChI is InChI=1S/C29H27F3N4O3/c1-17-13-18(2)15-22(14-17)36-24-16-20(29(30,31)32)9-10-23(24)27(28(36)39)19(3)34-35-26(38)12-11-25(37)33-21-7-5-4-6-8-21/h4-10,13-16,27H,11-12H2,1-3H3,(H,33,37)(H,35,38)/b34-19-. The molecule has 10 heteroatoms. The third-order valence-electron chi connectivity index (χ3n) is 6.25. The molecular weight excluding hydrogens is 509 g/mol. The second-order valence-corrected chi connectivity index (χ2v) is 9.43. The van der Waals surface area contributed by atoms with Gasteiger partial charge in [-0.3, -0.25) is 19.3 Å². The zero-order valence-electron chi connectivity index (χ0n) is 21.6. The number of aryl methyl sites for hydroxylation is 2. The number of anilines is 3. The summed E-state index contributed by atoms with van der Waals surface area (Å²) in [5.74, 6) is -2.36. The first kappa shape index (κ1) is 27.6. The first-order chi connectivity index (χ1) is 18.4. The number of hydrazone groups is 1. The van der Waals surface area contributed by atoms with Crippen LogP contribution in [0.25, 0.3) is 0 Å². The summed E-state index contributed by atoms with van der Waals surface area (Å²) in [5.41, 5.74) is 4.91. The lowest BCUT2D eigenvalue weighted by atomic mass is 9.95. The second-order valence-electron chi connectivity index (χ2n) is 9.43. The molecule has 0 saturated heterocycles. The first-order valence-corrected chi connectivity index (χ1v) is 12.3. The number of hydrogen-bond donors (Lipinski definition) is 2. The molecule has 1 aliphatic rings. The molecule has 0 bridgehead atoms. The van der Waals surface area contributed by atoms with E-state index >= 15 is 0 Å². The van der Waals surface area contributed by atoms with Crippen molar-refractivity contribution in [3.8, 4) is 0 Å². The van der Waals surface area contributed by atoms with E-state index in [0.29, 0.717) is 16.9 Å². The average molecular weight is 537 g/mol. The van der Waals surface area contributed by atoms with Crippen molar-refractivity contribution in [3.05, 3.63) is 89.0 Å². The number of nitrogens with one attached hydrogen (secondary N) is 2. The van der Waals surface area contributed by atoms with E-state index in [1.165, 1.54) is 17.9 Å². The maximum absolute atomic E-state index is 13.6. The largest absolute Gasteiger partial charge is 0.416 e. The molecule has 3 amide bonds. The number of halogens is 3. The van der Waals surface area contributed by atoms with E-state index in [1.807, 2.05) is 26.0 Å². The van der Waals surface area contributed by atoms with Gasteiger partial charge < -0.3 is 5.32 Å². The number of para-hydroxylation sites is 1. The number of benzene rings is 3. The molecule has 3 aromatic rings. The van der Waals surface area contributed by atoms with Crippen LogP contribution in [0.5, 0.6) is 0 Å². The fourth-order valence-corrected chi connectivity index (χ4v) is 4.53. The Labute approximate surface area is 223 Å². The normalized spacial score (nSPS) is 15.2. The van der Waals surface area contributed by atoms with Gasteiger partial charge in [0.05, 0.1) is 17.0 Å². The van der Waals surface area contributed by atoms with Gasteiger partial charge in [0.15, 0.2) is 0 Å². The highest BCUT2D eigenvalue weighted by atomic mass is 19.4. The molecule has 7 nitrogen and oxygen atoms in total. The number of carbonyl (C=O) groups is 3. The second kappa shape index (κ2) is 11.1.